The molecule has 0 atom stereocenters. The number of halogens is 2. The molecule has 1 N–H and O–H groups in total. The Hall–Kier alpha value is -1.65. The zero-order valence-electron chi connectivity index (χ0n) is 9.23. The average molecular weight is 282 g/mol. The molecule has 1 amide bonds. The quantitative estimate of drug-likeness (QED) is 0.880. The fourth-order valence-corrected chi connectivity index (χ4v) is 1.63. The number of rotatable bonds is 3. The highest BCUT2D eigenvalue weighted by Gasteiger charge is 2.07. The molecule has 0 saturated heterocycles. The first-order chi connectivity index (χ1) is 8.69. The third-order valence-electron chi connectivity index (χ3n) is 2.22. The lowest BCUT2D eigenvalue weighted by molar-refractivity contribution is 0.102. The molecule has 0 radical (unpaired) electrons. The normalized spacial score (nSPS) is 10.1. The van der Waals surface area contributed by atoms with Gasteiger partial charge >= 0.3 is 0 Å². The van der Waals surface area contributed by atoms with E-state index in [9.17, 15) is 4.79 Å². The molecular weight excluding hydrogens is 273 g/mol. The van der Waals surface area contributed by atoms with E-state index in [2.05, 4.69) is 15.5 Å². The Bertz CT molecular complexity index is 558. The summed E-state index contributed by atoms with van der Waals surface area (Å²) in [7, 11) is 0. The van der Waals surface area contributed by atoms with Crippen LogP contribution in [0, 0.1) is 0 Å². The van der Waals surface area contributed by atoms with E-state index >= 15 is 0 Å². The van der Waals surface area contributed by atoms with Gasteiger partial charge in [-0.15, -0.1) is 21.8 Å². The van der Waals surface area contributed by atoms with Crippen LogP contribution >= 0.6 is 23.2 Å². The average Bonchev–Trinajstić information content (AvgIpc) is 2.41. The van der Waals surface area contributed by atoms with Crippen LogP contribution in [0.3, 0.4) is 0 Å². The van der Waals surface area contributed by atoms with Gasteiger partial charge in [0, 0.05) is 11.4 Å². The van der Waals surface area contributed by atoms with Crippen LogP contribution in [-0.2, 0) is 5.88 Å². The van der Waals surface area contributed by atoms with Crippen LogP contribution in [0.5, 0.6) is 0 Å². The fourth-order valence-electron chi connectivity index (χ4n) is 1.37. The van der Waals surface area contributed by atoms with Crippen LogP contribution < -0.4 is 5.32 Å². The Kier molecular flexibility index (Phi) is 4.12. The number of anilines is 1. The fraction of sp³-hybridized carbons (Fsp3) is 0.0833. The van der Waals surface area contributed by atoms with Crippen molar-refractivity contribution < 1.29 is 4.79 Å². The molecule has 0 bridgehead atoms. The van der Waals surface area contributed by atoms with Crippen LogP contribution in [0.4, 0.5) is 5.82 Å². The first kappa shape index (κ1) is 12.8. The summed E-state index contributed by atoms with van der Waals surface area (Å²) in [5.74, 6) is 0.446. The molecule has 18 heavy (non-hydrogen) atoms. The standard InChI is InChI=1S/C12H9Cl2N3O/c13-7-8-2-1-3-9(6-8)12(18)15-11-5-4-10(14)16-17-11/h1-6H,7H2,(H,15,17,18). The van der Waals surface area contributed by atoms with Gasteiger partial charge in [-0.3, -0.25) is 4.79 Å². The molecule has 0 fully saturated rings. The van der Waals surface area contributed by atoms with Gasteiger partial charge in [0.25, 0.3) is 5.91 Å². The van der Waals surface area contributed by atoms with Crippen LogP contribution in [0.2, 0.25) is 5.15 Å². The maximum Gasteiger partial charge on any atom is 0.256 e. The van der Waals surface area contributed by atoms with Gasteiger partial charge in [0.15, 0.2) is 11.0 Å². The summed E-state index contributed by atoms with van der Waals surface area (Å²) in [6.45, 7) is 0. The minimum absolute atomic E-state index is 0.265. The van der Waals surface area contributed by atoms with Crippen molar-refractivity contribution in [3.05, 3.63) is 52.7 Å². The van der Waals surface area contributed by atoms with Gasteiger partial charge in [-0.25, -0.2) is 0 Å². The predicted octanol–water partition coefficient (Wildman–Crippen LogP) is 3.12. The minimum Gasteiger partial charge on any atom is -0.305 e. The monoisotopic (exact) mass is 281 g/mol. The van der Waals surface area contributed by atoms with Gasteiger partial charge in [-0.05, 0) is 29.8 Å². The first-order valence-electron chi connectivity index (χ1n) is 5.14. The second kappa shape index (κ2) is 5.80. The van der Waals surface area contributed by atoms with Gasteiger partial charge in [-0.2, -0.15) is 0 Å². The van der Waals surface area contributed by atoms with E-state index in [-0.39, 0.29) is 11.1 Å². The summed E-state index contributed by atoms with van der Waals surface area (Å²) in [5, 5.41) is 10.3. The molecule has 0 unspecified atom stereocenters. The minimum atomic E-state index is -0.265. The van der Waals surface area contributed by atoms with Crippen molar-refractivity contribution in [3.63, 3.8) is 0 Å². The lowest BCUT2D eigenvalue weighted by atomic mass is 10.1. The molecule has 0 aliphatic heterocycles. The Balaban J connectivity index is 2.14. The van der Waals surface area contributed by atoms with Crippen LogP contribution in [0.25, 0.3) is 0 Å². The van der Waals surface area contributed by atoms with E-state index in [4.69, 9.17) is 23.2 Å². The second-order valence-electron chi connectivity index (χ2n) is 3.53. The Morgan fingerprint density at radius 2 is 2.06 bits per heavy atom. The molecule has 92 valence electrons. The van der Waals surface area contributed by atoms with Crippen molar-refractivity contribution in [2.45, 2.75) is 5.88 Å². The van der Waals surface area contributed by atoms with Gasteiger partial charge in [-0.1, -0.05) is 23.7 Å². The summed E-state index contributed by atoms with van der Waals surface area (Å²) in [6, 6.07) is 10.2. The van der Waals surface area contributed by atoms with Crippen molar-refractivity contribution in [1.82, 2.24) is 10.2 Å². The number of alkyl halides is 1. The molecule has 0 aliphatic carbocycles. The van der Waals surface area contributed by atoms with Crippen molar-refractivity contribution in [3.8, 4) is 0 Å². The molecular formula is C12H9Cl2N3O. The molecule has 0 aliphatic rings. The topological polar surface area (TPSA) is 54.9 Å². The Morgan fingerprint density at radius 3 is 2.72 bits per heavy atom. The highest BCUT2D eigenvalue weighted by atomic mass is 35.5. The van der Waals surface area contributed by atoms with Crippen molar-refractivity contribution in [1.29, 1.82) is 0 Å². The number of aromatic nitrogens is 2. The van der Waals surface area contributed by atoms with E-state index in [0.717, 1.165) is 5.56 Å². The van der Waals surface area contributed by atoms with Crippen LogP contribution in [-0.4, -0.2) is 16.1 Å². The molecule has 0 saturated carbocycles. The lowest BCUT2D eigenvalue weighted by Gasteiger charge is -2.04. The zero-order chi connectivity index (χ0) is 13.0. The van der Waals surface area contributed by atoms with Crippen molar-refractivity contribution in [2.24, 2.45) is 0 Å². The number of benzene rings is 1. The predicted molar refractivity (Wildman–Crippen MR) is 71.0 cm³/mol. The third kappa shape index (κ3) is 3.18. The summed E-state index contributed by atoms with van der Waals surface area (Å²) < 4.78 is 0. The molecule has 2 aromatic rings. The second-order valence-corrected chi connectivity index (χ2v) is 4.18. The molecule has 1 heterocycles. The van der Waals surface area contributed by atoms with Gasteiger partial charge < -0.3 is 5.32 Å². The zero-order valence-corrected chi connectivity index (χ0v) is 10.7. The van der Waals surface area contributed by atoms with E-state index in [1.54, 1.807) is 30.3 Å². The Labute approximate surface area is 114 Å². The van der Waals surface area contributed by atoms with Gasteiger partial charge in [0.2, 0.25) is 0 Å². The van der Waals surface area contributed by atoms with E-state index < -0.39 is 0 Å². The smallest absolute Gasteiger partial charge is 0.256 e. The van der Waals surface area contributed by atoms with Crippen LogP contribution in [0.15, 0.2) is 36.4 Å². The highest BCUT2D eigenvalue weighted by Crippen LogP contribution is 2.11. The number of hydrogen-bond donors (Lipinski definition) is 1. The van der Waals surface area contributed by atoms with E-state index in [1.807, 2.05) is 6.07 Å². The number of nitrogens with zero attached hydrogens (tertiary/aromatic N) is 2. The maximum atomic E-state index is 11.9. The van der Waals surface area contributed by atoms with Gasteiger partial charge in [0.1, 0.15) is 0 Å². The van der Waals surface area contributed by atoms with E-state index in [1.165, 1.54) is 0 Å². The number of nitrogens with one attached hydrogen (secondary N) is 1. The number of carbonyl (C=O) groups is 1. The molecule has 6 heteroatoms. The summed E-state index contributed by atoms with van der Waals surface area (Å²) >= 11 is 11.3. The molecule has 1 aromatic carbocycles. The summed E-state index contributed by atoms with van der Waals surface area (Å²) in [5.41, 5.74) is 1.40. The first-order valence-corrected chi connectivity index (χ1v) is 6.06. The highest BCUT2D eigenvalue weighted by molar-refractivity contribution is 6.29. The molecule has 1 aromatic heterocycles. The van der Waals surface area contributed by atoms with Crippen molar-refractivity contribution >= 4 is 34.9 Å². The SMILES string of the molecule is O=C(Nc1ccc(Cl)nn1)c1cccc(CCl)c1. The maximum absolute atomic E-state index is 11.9. The summed E-state index contributed by atoms with van der Waals surface area (Å²) in [6.07, 6.45) is 0. The molecule has 2 rings (SSSR count). The number of carbonyl (C=O) groups excluding carboxylic acids is 1. The third-order valence-corrected chi connectivity index (χ3v) is 2.73. The molecule has 4 nitrogen and oxygen atoms in total. The Morgan fingerprint density at radius 1 is 1.22 bits per heavy atom. The van der Waals surface area contributed by atoms with Gasteiger partial charge in [0.05, 0.1) is 0 Å². The lowest BCUT2D eigenvalue weighted by Crippen LogP contribution is -2.13. The van der Waals surface area contributed by atoms with Crippen molar-refractivity contribution in [2.75, 3.05) is 5.32 Å². The van der Waals surface area contributed by atoms with Crippen LogP contribution in [0.1, 0.15) is 15.9 Å². The summed E-state index contributed by atoms with van der Waals surface area (Å²) in [4.78, 5) is 11.9. The molecule has 0 spiro atoms. The number of hydrogen-bond acceptors (Lipinski definition) is 3. The largest absolute Gasteiger partial charge is 0.305 e. The number of amides is 1. The van der Waals surface area contributed by atoms with E-state index in [0.29, 0.717) is 17.3 Å².